The van der Waals surface area contributed by atoms with Crippen LogP contribution >= 0.6 is 11.6 Å². The largest absolute Gasteiger partial charge is 0.481 e. The number of aliphatic hydroxyl groups excluding tert-OH is 1. The number of aliphatic hydroxyl groups is 1. The molecule has 0 radical (unpaired) electrons. The number of carbonyl (C=O) groups excluding carboxylic acids is 1. The molecule has 1 aliphatic rings. The number of unbranched alkanes of at least 4 members (excludes halogenated alkanes) is 5. The minimum atomic E-state index is -0.775. The average molecular weight is 369 g/mol. The number of hydrogen-bond donors (Lipinski definition) is 2. The van der Waals surface area contributed by atoms with E-state index in [2.05, 4.69) is 6.92 Å². The number of aliphatic carboxylic acids is 1. The molecule has 1 rings (SSSR count). The SMILES string of the molecule is CCCCCC(O)/C=C/C1C=C(Cl)C(=O)/C1=C\CCCCCC(=O)O. The fourth-order valence-electron chi connectivity index (χ4n) is 2.80. The van der Waals surface area contributed by atoms with Crippen LogP contribution in [-0.2, 0) is 9.59 Å². The Balaban J connectivity index is 2.51. The predicted octanol–water partition coefficient (Wildman–Crippen LogP) is 4.77. The van der Waals surface area contributed by atoms with Gasteiger partial charge in [0, 0.05) is 17.9 Å². The lowest BCUT2D eigenvalue weighted by molar-refractivity contribution is -0.137. The van der Waals surface area contributed by atoms with E-state index < -0.39 is 12.1 Å². The van der Waals surface area contributed by atoms with Crippen molar-refractivity contribution in [3.8, 4) is 0 Å². The number of hydrogen-bond acceptors (Lipinski definition) is 3. The Kier molecular flexibility index (Phi) is 10.4. The fourth-order valence-corrected chi connectivity index (χ4v) is 3.05. The summed E-state index contributed by atoms with van der Waals surface area (Å²) in [5, 5.41) is 18.8. The molecule has 0 aliphatic heterocycles. The number of halogens is 1. The molecule has 0 amide bonds. The molecule has 0 aromatic carbocycles. The molecule has 25 heavy (non-hydrogen) atoms. The van der Waals surface area contributed by atoms with Crippen LogP contribution in [0.4, 0.5) is 0 Å². The van der Waals surface area contributed by atoms with Gasteiger partial charge in [-0.05, 0) is 25.7 Å². The van der Waals surface area contributed by atoms with Gasteiger partial charge in [-0.15, -0.1) is 0 Å². The zero-order valence-corrected chi connectivity index (χ0v) is 15.7. The van der Waals surface area contributed by atoms with Gasteiger partial charge in [0.15, 0.2) is 0 Å². The molecule has 0 saturated carbocycles. The monoisotopic (exact) mass is 368 g/mol. The predicted molar refractivity (Wildman–Crippen MR) is 101 cm³/mol. The molecule has 0 heterocycles. The Labute approximate surface area is 155 Å². The molecule has 0 aromatic rings. The second-order valence-corrected chi connectivity index (χ2v) is 6.88. The number of rotatable bonds is 12. The van der Waals surface area contributed by atoms with Gasteiger partial charge in [0.2, 0.25) is 5.78 Å². The lowest BCUT2D eigenvalue weighted by atomic mass is 9.98. The molecule has 140 valence electrons. The molecule has 5 heteroatoms. The second kappa shape index (κ2) is 12.0. The molecule has 0 saturated heterocycles. The minimum Gasteiger partial charge on any atom is -0.481 e. The van der Waals surface area contributed by atoms with Crippen LogP contribution in [0.1, 0.15) is 64.7 Å². The van der Waals surface area contributed by atoms with Crippen molar-refractivity contribution in [2.45, 2.75) is 70.8 Å². The molecular weight excluding hydrogens is 340 g/mol. The molecule has 0 bridgehead atoms. The third-order valence-corrected chi connectivity index (χ3v) is 4.56. The second-order valence-electron chi connectivity index (χ2n) is 6.47. The summed E-state index contributed by atoms with van der Waals surface area (Å²) in [6, 6.07) is 0. The van der Waals surface area contributed by atoms with Gasteiger partial charge in [-0.2, -0.15) is 0 Å². The summed E-state index contributed by atoms with van der Waals surface area (Å²) in [6.07, 6.45) is 13.9. The van der Waals surface area contributed by atoms with Crippen molar-refractivity contribution in [1.82, 2.24) is 0 Å². The van der Waals surface area contributed by atoms with Crippen LogP contribution in [0.15, 0.2) is 34.9 Å². The maximum absolute atomic E-state index is 12.1. The fraction of sp³-hybridized carbons (Fsp3) is 0.600. The van der Waals surface area contributed by atoms with Crippen molar-refractivity contribution in [1.29, 1.82) is 0 Å². The van der Waals surface area contributed by atoms with Crippen LogP contribution in [0.2, 0.25) is 0 Å². The normalized spacial score (nSPS) is 20.4. The summed E-state index contributed by atoms with van der Waals surface area (Å²) in [4.78, 5) is 22.6. The van der Waals surface area contributed by atoms with E-state index in [9.17, 15) is 14.7 Å². The van der Waals surface area contributed by atoms with Gasteiger partial charge in [0.25, 0.3) is 0 Å². The quantitative estimate of drug-likeness (QED) is 0.295. The summed E-state index contributed by atoms with van der Waals surface area (Å²) in [5.41, 5.74) is 0.653. The van der Waals surface area contributed by atoms with Gasteiger partial charge < -0.3 is 10.2 Å². The first-order valence-electron chi connectivity index (χ1n) is 9.16. The van der Waals surface area contributed by atoms with Crippen LogP contribution in [-0.4, -0.2) is 28.1 Å². The molecular formula is C20H29ClO4. The maximum atomic E-state index is 12.1. The Morgan fingerprint density at radius 3 is 2.72 bits per heavy atom. The summed E-state index contributed by atoms with van der Waals surface area (Å²) >= 11 is 5.98. The summed E-state index contributed by atoms with van der Waals surface area (Å²) in [7, 11) is 0. The third kappa shape index (κ3) is 8.50. The Bertz CT molecular complexity index is 534. The smallest absolute Gasteiger partial charge is 0.303 e. The average Bonchev–Trinajstić information content (AvgIpc) is 2.83. The first-order chi connectivity index (χ1) is 12.0. The Hall–Kier alpha value is -1.39. The van der Waals surface area contributed by atoms with E-state index in [1.807, 2.05) is 12.2 Å². The highest BCUT2D eigenvalue weighted by molar-refractivity contribution is 6.46. The molecule has 1 aliphatic carbocycles. The summed E-state index contributed by atoms with van der Waals surface area (Å²) in [6.45, 7) is 2.12. The van der Waals surface area contributed by atoms with Gasteiger partial charge >= 0.3 is 5.97 Å². The van der Waals surface area contributed by atoms with Crippen LogP contribution < -0.4 is 0 Å². The number of Topliss-reactive ketones (excluding diaryl/α,β-unsaturated/α-hetero) is 1. The van der Waals surface area contributed by atoms with Crippen LogP contribution in [0.25, 0.3) is 0 Å². The molecule has 4 nitrogen and oxygen atoms in total. The molecule has 2 atom stereocenters. The Morgan fingerprint density at radius 2 is 2.04 bits per heavy atom. The van der Waals surface area contributed by atoms with Crippen molar-refractivity contribution in [2.75, 3.05) is 0 Å². The van der Waals surface area contributed by atoms with Crippen LogP contribution in [0, 0.1) is 5.92 Å². The lowest BCUT2D eigenvalue weighted by Gasteiger charge is -2.08. The molecule has 2 N–H and O–H groups in total. The number of carboxylic acid groups (broad SMARTS) is 1. The molecule has 0 spiro atoms. The van der Waals surface area contributed by atoms with Gasteiger partial charge in [0.1, 0.15) is 0 Å². The lowest BCUT2D eigenvalue weighted by Crippen LogP contribution is -2.05. The zero-order chi connectivity index (χ0) is 18.7. The van der Waals surface area contributed by atoms with Crippen molar-refractivity contribution in [3.63, 3.8) is 0 Å². The van der Waals surface area contributed by atoms with Gasteiger partial charge in [-0.3, -0.25) is 9.59 Å². The summed E-state index contributed by atoms with van der Waals surface area (Å²) < 4.78 is 0. The van der Waals surface area contributed by atoms with E-state index in [1.54, 1.807) is 12.2 Å². The number of carboxylic acids is 1. The van der Waals surface area contributed by atoms with Crippen LogP contribution in [0.3, 0.4) is 0 Å². The van der Waals surface area contributed by atoms with E-state index in [-0.39, 0.29) is 23.2 Å². The van der Waals surface area contributed by atoms with Crippen molar-refractivity contribution >= 4 is 23.4 Å². The van der Waals surface area contributed by atoms with Gasteiger partial charge in [-0.1, -0.05) is 68.5 Å². The molecule has 0 aromatic heterocycles. The number of ketones is 1. The van der Waals surface area contributed by atoms with E-state index in [0.29, 0.717) is 12.0 Å². The first-order valence-corrected chi connectivity index (χ1v) is 9.53. The molecule has 2 unspecified atom stereocenters. The van der Waals surface area contributed by atoms with E-state index in [4.69, 9.17) is 16.7 Å². The minimum absolute atomic E-state index is 0.151. The highest BCUT2D eigenvalue weighted by atomic mass is 35.5. The zero-order valence-electron chi connectivity index (χ0n) is 14.9. The van der Waals surface area contributed by atoms with Crippen molar-refractivity contribution < 1.29 is 19.8 Å². The topological polar surface area (TPSA) is 74.6 Å². The highest BCUT2D eigenvalue weighted by Crippen LogP contribution is 2.31. The van der Waals surface area contributed by atoms with Crippen LogP contribution in [0.5, 0.6) is 0 Å². The van der Waals surface area contributed by atoms with Gasteiger partial charge in [-0.25, -0.2) is 0 Å². The van der Waals surface area contributed by atoms with Crippen molar-refractivity contribution in [2.24, 2.45) is 5.92 Å². The highest BCUT2D eigenvalue weighted by Gasteiger charge is 2.26. The standard InChI is InChI=1S/C20H29ClO4/c1-2-3-6-9-16(22)13-12-15-14-18(21)20(25)17(15)10-7-4-5-8-11-19(23)24/h10,12-16,22H,2-9,11H2,1H3,(H,23,24)/b13-12+,17-10-. The molecule has 0 fully saturated rings. The summed E-state index contributed by atoms with van der Waals surface area (Å²) in [5.74, 6) is -1.11. The number of carbonyl (C=O) groups is 2. The van der Waals surface area contributed by atoms with E-state index in [1.165, 1.54) is 0 Å². The van der Waals surface area contributed by atoms with E-state index in [0.717, 1.165) is 44.9 Å². The van der Waals surface area contributed by atoms with E-state index >= 15 is 0 Å². The van der Waals surface area contributed by atoms with Crippen molar-refractivity contribution in [3.05, 3.63) is 34.9 Å². The number of allylic oxidation sites excluding steroid dienone is 5. The third-order valence-electron chi connectivity index (χ3n) is 4.27. The first kappa shape index (κ1) is 21.7. The Morgan fingerprint density at radius 1 is 1.28 bits per heavy atom. The van der Waals surface area contributed by atoms with Gasteiger partial charge in [0.05, 0.1) is 11.1 Å². The maximum Gasteiger partial charge on any atom is 0.303 e.